The second-order valence-electron chi connectivity index (χ2n) is 5.12. The minimum Gasteiger partial charge on any atom is -0.497 e. The van der Waals surface area contributed by atoms with Crippen LogP contribution in [0, 0.1) is 0 Å². The van der Waals surface area contributed by atoms with Crippen LogP contribution in [0.1, 0.15) is 16.2 Å². The van der Waals surface area contributed by atoms with Gasteiger partial charge in [0.1, 0.15) is 17.3 Å². The smallest absolute Gasteiger partial charge is 0.255 e. The highest BCUT2D eigenvalue weighted by Crippen LogP contribution is 2.23. The van der Waals surface area contributed by atoms with Gasteiger partial charge in [0.25, 0.3) is 5.91 Å². The van der Waals surface area contributed by atoms with E-state index >= 15 is 0 Å². The highest BCUT2D eigenvalue weighted by atomic mass is 16.5. The standard InChI is InChI=1S/C17H18N4O3/c1-23-12-6-7-14(24-2)13(11-12)17(22)18-9-8-16-20-19-15-5-3-4-10-21(15)16/h3-7,10-11H,8-9H2,1-2H3,(H,18,22). The minimum absolute atomic E-state index is 0.223. The summed E-state index contributed by atoms with van der Waals surface area (Å²) < 4.78 is 12.3. The molecule has 0 fully saturated rings. The Bertz CT molecular complexity index is 860. The first kappa shape index (κ1) is 15.8. The third-order valence-corrected chi connectivity index (χ3v) is 3.67. The van der Waals surface area contributed by atoms with Crippen molar-refractivity contribution in [2.45, 2.75) is 6.42 Å². The summed E-state index contributed by atoms with van der Waals surface area (Å²) in [5.41, 5.74) is 1.22. The van der Waals surface area contributed by atoms with E-state index in [4.69, 9.17) is 9.47 Å². The molecule has 0 spiro atoms. The van der Waals surface area contributed by atoms with E-state index in [1.807, 2.05) is 28.8 Å². The molecule has 0 saturated heterocycles. The number of pyridine rings is 1. The average Bonchev–Trinajstić information content (AvgIpc) is 3.04. The molecule has 1 aromatic carbocycles. The largest absolute Gasteiger partial charge is 0.497 e. The Hall–Kier alpha value is -3.09. The molecule has 0 aliphatic heterocycles. The molecule has 24 heavy (non-hydrogen) atoms. The zero-order valence-electron chi connectivity index (χ0n) is 13.5. The Morgan fingerprint density at radius 1 is 1.17 bits per heavy atom. The van der Waals surface area contributed by atoms with Crippen molar-refractivity contribution in [1.29, 1.82) is 0 Å². The van der Waals surface area contributed by atoms with Gasteiger partial charge in [-0.1, -0.05) is 6.07 Å². The Morgan fingerprint density at radius 3 is 2.83 bits per heavy atom. The van der Waals surface area contributed by atoms with Crippen LogP contribution < -0.4 is 14.8 Å². The van der Waals surface area contributed by atoms with Crippen molar-refractivity contribution in [3.63, 3.8) is 0 Å². The number of nitrogens with one attached hydrogen (secondary N) is 1. The Labute approximate surface area is 139 Å². The van der Waals surface area contributed by atoms with Crippen molar-refractivity contribution in [3.8, 4) is 11.5 Å². The topological polar surface area (TPSA) is 77.8 Å². The molecule has 0 aliphatic carbocycles. The van der Waals surface area contributed by atoms with Crippen LogP contribution in [0.15, 0.2) is 42.6 Å². The second kappa shape index (κ2) is 6.99. The molecule has 7 heteroatoms. The number of amides is 1. The van der Waals surface area contributed by atoms with Crippen molar-refractivity contribution in [2.75, 3.05) is 20.8 Å². The fraction of sp³-hybridized carbons (Fsp3) is 0.235. The van der Waals surface area contributed by atoms with Gasteiger partial charge in [0.05, 0.1) is 19.8 Å². The first-order valence-electron chi connectivity index (χ1n) is 7.52. The Balaban J connectivity index is 1.67. The minimum atomic E-state index is -0.223. The van der Waals surface area contributed by atoms with Crippen LogP contribution in [0.4, 0.5) is 0 Å². The van der Waals surface area contributed by atoms with Crippen LogP contribution in [-0.2, 0) is 6.42 Å². The van der Waals surface area contributed by atoms with E-state index in [1.54, 1.807) is 25.3 Å². The molecule has 2 heterocycles. The fourth-order valence-electron chi connectivity index (χ4n) is 2.44. The van der Waals surface area contributed by atoms with E-state index in [9.17, 15) is 4.79 Å². The van der Waals surface area contributed by atoms with Gasteiger partial charge in [-0.15, -0.1) is 10.2 Å². The van der Waals surface area contributed by atoms with Crippen molar-refractivity contribution < 1.29 is 14.3 Å². The maximum absolute atomic E-state index is 12.4. The molecule has 3 rings (SSSR count). The van der Waals surface area contributed by atoms with Crippen molar-refractivity contribution >= 4 is 11.6 Å². The third-order valence-electron chi connectivity index (χ3n) is 3.67. The highest BCUT2D eigenvalue weighted by molar-refractivity contribution is 5.97. The third kappa shape index (κ3) is 3.15. The molecule has 0 radical (unpaired) electrons. The van der Waals surface area contributed by atoms with Gasteiger partial charge in [0.2, 0.25) is 0 Å². The predicted molar refractivity (Wildman–Crippen MR) is 88.6 cm³/mol. The average molecular weight is 326 g/mol. The number of hydrogen-bond acceptors (Lipinski definition) is 5. The number of ether oxygens (including phenoxy) is 2. The summed E-state index contributed by atoms with van der Waals surface area (Å²) in [5, 5.41) is 11.1. The van der Waals surface area contributed by atoms with Crippen molar-refractivity contribution in [3.05, 3.63) is 54.0 Å². The summed E-state index contributed by atoms with van der Waals surface area (Å²) in [4.78, 5) is 12.4. The number of nitrogens with zero attached hydrogens (tertiary/aromatic N) is 3. The van der Waals surface area contributed by atoms with E-state index in [2.05, 4.69) is 15.5 Å². The molecule has 124 valence electrons. The molecule has 2 aromatic heterocycles. The number of benzene rings is 1. The van der Waals surface area contributed by atoms with Crippen molar-refractivity contribution in [2.24, 2.45) is 0 Å². The van der Waals surface area contributed by atoms with E-state index < -0.39 is 0 Å². The quantitative estimate of drug-likeness (QED) is 0.746. The number of carbonyl (C=O) groups excluding carboxylic acids is 1. The van der Waals surface area contributed by atoms with Gasteiger partial charge in [0, 0.05) is 19.2 Å². The summed E-state index contributed by atoms with van der Waals surface area (Å²) >= 11 is 0. The van der Waals surface area contributed by atoms with Gasteiger partial charge in [-0.05, 0) is 30.3 Å². The molecule has 0 atom stereocenters. The maximum atomic E-state index is 12.4. The Morgan fingerprint density at radius 2 is 2.04 bits per heavy atom. The first-order chi connectivity index (χ1) is 11.7. The van der Waals surface area contributed by atoms with Gasteiger partial charge < -0.3 is 14.8 Å². The zero-order chi connectivity index (χ0) is 16.9. The molecule has 3 aromatic rings. The second-order valence-corrected chi connectivity index (χ2v) is 5.12. The van der Waals surface area contributed by atoms with Gasteiger partial charge >= 0.3 is 0 Å². The lowest BCUT2D eigenvalue weighted by atomic mass is 10.1. The highest BCUT2D eigenvalue weighted by Gasteiger charge is 2.14. The van der Waals surface area contributed by atoms with E-state index in [0.717, 1.165) is 11.5 Å². The van der Waals surface area contributed by atoms with Gasteiger partial charge in [0.15, 0.2) is 5.65 Å². The molecule has 0 saturated carbocycles. The van der Waals surface area contributed by atoms with Crippen LogP contribution in [-0.4, -0.2) is 41.3 Å². The van der Waals surface area contributed by atoms with Crippen LogP contribution in [0.3, 0.4) is 0 Å². The SMILES string of the molecule is COc1ccc(OC)c(C(=O)NCCc2nnc3ccccn23)c1. The molecule has 7 nitrogen and oxygen atoms in total. The monoisotopic (exact) mass is 326 g/mol. The summed E-state index contributed by atoms with van der Waals surface area (Å²) in [6, 6.07) is 10.8. The first-order valence-corrected chi connectivity index (χ1v) is 7.52. The lowest BCUT2D eigenvalue weighted by molar-refractivity contribution is 0.0950. The number of aromatic nitrogens is 3. The van der Waals surface area contributed by atoms with Crippen LogP contribution in [0.2, 0.25) is 0 Å². The molecule has 0 unspecified atom stereocenters. The summed E-state index contributed by atoms with van der Waals surface area (Å²) in [7, 11) is 3.08. The lowest BCUT2D eigenvalue weighted by Gasteiger charge is -2.10. The van der Waals surface area contributed by atoms with Crippen molar-refractivity contribution in [1.82, 2.24) is 19.9 Å². The number of carbonyl (C=O) groups is 1. The fourth-order valence-corrected chi connectivity index (χ4v) is 2.44. The van der Waals surface area contributed by atoms with Crippen LogP contribution in [0.5, 0.6) is 11.5 Å². The van der Waals surface area contributed by atoms with Gasteiger partial charge in [-0.2, -0.15) is 0 Å². The number of hydrogen-bond donors (Lipinski definition) is 1. The summed E-state index contributed by atoms with van der Waals surface area (Å²) in [6.45, 7) is 0.439. The lowest BCUT2D eigenvalue weighted by Crippen LogP contribution is -2.26. The normalized spacial score (nSPS) is 10.6. The summed E-state index contributed by atoms with van der Waals surface area (Å²) in [5.74, 6) is 1.67. The van der Waals surface area contributed by atoms with Gasteiger partial charge in [-0.25, -0.2) is 0 Å². The van der Waals surface area contributed by atoms with E-state index in [-0.39, 0.29) is 5.91 Å². The number of rotatable bonds is 6. The number of methoxy groups -OCH3 is 2. The molecular weight excluding hydrogens is 308 g/mol. The molecule has 1 N–H and O–H groups in total. The van der Waals surface area contributed by atoms with Crippen LogP contribution >= 0.6 is 0 Å². The molecule has 0 bridgehead atoms. The molecule has 1 amide bonds. The van der Waals surface area contributed by atoms with Crippen LogP contribution in [0.25, 0.3) is 5.65 Å². The molecular formula is C17H18N4O3. The predicted octanol–water partition coefficient (Wildman–Crippen LogP) is 1.72. The van der Waals surface area contributed by atoms with E-state index in [1.165, 1.54) is 7.11 Å². The van der Waals surface area contributed by atoms with Gasteiger partial charge in [-0.3, -0.25) is 9.20 Å². The zero-order valence-corrected chi connectivity index (χ0v) is 13.5. The summed E-state index contributed by atoms with van der Waals surface area (Å²) in [6.07, 6.45) is 2.47. The number of fused-ring (bicyclic) bond motifs is 1. The van der Waals surface area contributed by atoms with E-state index in [0.29, 0.717) is 30.0 Å². The maximum Gasteiger partial charge on any atom is 0.255 e. The Kier molecular flexibility index (Phi) is 4.60. The molecule has 0 aliphatic rings.